The Morgan fingerprint density at radius 1 is 1.44 bits per heavy atom. The van der Waals surface area contributed by atoms with Gasteiger partial charge in [-0.15, -0.1) is 11.8 Å². The highest BCUT2D eigenvalue weighted by atomic mass is 32.2. The van der Waals surface area contributed by atoms with Gasteiger partial charge in [-0.1, -0.05) is 27.7 Å². The molecule has 92 valence electrons. The molecule has 0 atom stereocenters. The fourth-order valence-corrected chi connectivity index (χ4v) is 1.97. The van der Waals surface area contributed by atoms with Gasteiger partial charge in [0.15, 0.2) is 0 Å². The van der Waals surface area contributed by atoms with Crippen molar-refractivity contribution in [2.75, 3.05) is 6.54 Å². The summed E-state index contributed by atoms with van der Waals surface area (Å²) in [5.41, 5.74) is 1.18. The van der Waals surface area contributed by atoms with E-state index in [4.69, 9.17) is 0 Å². The molecule has 0 radical (unpaired) electrons. The van der Waals surface area contributed by atoms with Crippen LogP contribution >= 0.6 is 11.8 Å². The third kappa shape index (κ3) is 5.56. The van der Waals surface area contributed by atoms with Crippen LogP contribution in [-0.2, 0) is 12.3 Å². The Kier molecular flexibility index (Phi) is 5.35. The molecule has 1 heterocycles. The molecule has 0 bridgehead atoms. The van der Waals surface area contributed by atoms with Gasteiger partial charge in [0, 0.05) is 23.2 Å². The van der Waals surface area contributed by atoms with Crippen LogP contribution in [0.4, 0.5) is 0 Å². The molecule has 0 unspecified atom stereocenters. The Hall–Kier alpha value is -0.480. The lowest BCUT2D eigenvalue weighted by molar-refractivity contribution is 0.666. The Bertz CT molecular complexity index is 301. The van der Waals surface area contributed by atoms with Gasteiger partial charge in [-0.25, -0.2) is 4.98 Å². The zero-order valence-corrected chi connectivity index (χ0v) is 11.6. The van der Waals surface area contributed by atoms with Gasteiger partial charge in [-0.05, 0) is 13.0 Å². The quantitative estimate of drug-likeness (QED) is 0.752. The third-order valence-electron chi connectivity index (χ3n) is 2.07. The Morgan fingerprint density at radius 3 is 2.81 bits per heavy atom. The van der Waals surface area contributed by atoms with E-state index in [0.29, 0.717) is 4.75 Å². The second-order valence-electron chi connectivity index (χ2n) is 4.93. The number of hydrogen-bond donors (Lipinski definition) is 2. The Morgan fingerprint density at radius 2 is 2.19 bits per heavy atom. The van der Waals surface area contributed by atoms with E-state index in [1.54, 1.807) is 0 Å². The fourth-order valence-electron chi connectivity index (χ4n) is 1.25. The normalized spacial score (nSPS) is 12.0. The van der Waals surface area contributed by atoms with Gasteiger partial charge in [0.05, 0.1) is 5.75 Å². The molecule has 1 aromatic rings. The van der Waals surface area contributed by atoms with E-state index in [1.807, 2.05) is 18.0 Å². The highest BCUT2D eigenvalue weighted by Gasteiger charge is 2.11. The molecule has 4 heteroatoms. The van der Waals surface area contributed by atoms with Crippen molar-refractivity contribution in [1.82, 2.24) is 15.3 Å². The van der Waals surface area contributed by atoms with Gasteiger partial charge in [0.2, 0.25) is 0 Å². The lowest BCUT2D eigenvalue weighted by Crippen LogP contribution is -2.14. The van der Waals surface area contributed by atoms with E-state index in [0.717, 1.165) is 24.7 Å². The van der Waals surface area contributed by atoms with Gasteiger partial charge in [0.1, 0.15) is 5.82 Å². The van der Waals surface area contributed by atoms with Crippen LogP contribution in [0.3, 0.4) is 0 Å². The number of aromatic nitrogens is 2. The number of imidazole rings is 1. The van der Waals surface area contributed by atoms with Crippen LogP contribution < -0.4 is 5.32 Å². The van der Waals surface area contributed by atoms with Gasteiger partial charge in [-0.3, -0.25) is 0 Å². The second kappa shape index (κ2) is 6.30. The highest BCUT2D eigenvalue weighted by molar-refractivity contribution is 7.99. The molecule has 0 saturated heterocycles. The van der Waals surface area contributed by atoms with Crippen molar-refractivity contribution in [2.45, 2.75) is 51.2 Å². The van der Waals surface area contributed by atoms with Crippen molar-refractivity contribution in [3.8, 4) is 0 Å². The minimum Gasteiger partial charge on any atom is -0.344 e. The zero-order valence-electron chi connectivity index (χ0n) is 10.8. The first-order valence-corrected chi connectivity index (χ1v) is 6.87. The second-order valence-corrected chi connectivity index (χ2v) is 6.74. The summed E-state index contributed by atoms with van der Waals surface area (Å²) >= 11 is 1.91. The number of H-pyrrole nitrogens is 1. The monoisotopic (exact) mass is 241 g/mol. The predicted molar refractivity (Wildman–Crippen MR) is 71.6 cm³/mol. The number of hydrogen-bond acceptors (Lipinski definition) is 3. The van der Waals surface area contributed by atoms with Gasteiger partial charge < -0.3 is 10.3 Å². The molecule has 0 aliphatic rings. The lowest BCUT2D eigenvalue weighted by atomic mass is 10.3. The number of nitrogens with one attached hydrogen (secondary N) is 2. The van der Waals surface area contributed by atoms with E-state index in [1.165, 1.54) is 12.1 Å². The molecule has 3 nitrogen and oxygen atoms in total. The summed E-state index contributed by atoms with van der Waals surface area (Å²) in [5, 5.41) is 3.36. The molecule has 1 rings (SSSR count). The van der Waals surface area contributed by atoms with Crippen molar-refractivity contribution < 1.29 is 0 Å². The molecule has 0 aliphatic heterocycles. The van der Waals surface area contributed by atoms with Crippen LogP contribution in [0.25, 0.3) is 0 Å². The van der Waals surface area contributed by atoms with Crippen LogP contribution in [0, 0.1) is 0 Å². The van der Waals surface area contributed by atoms with Gasteiger partial charge in [0.25, 0.3) is 0 Å². The fraction of sp³-hybridized carbons (Fsp3) is 0.750. The maximum Gasteiger partial charge on any atom is 0.116 e. The van der Waals surface area contributed by atoms with Gasteiger partial charge >= 0.3 is 0 Å². The van der Waals surface area contributed by atoms with Crippen LogP contribution in [-0.4, -0.2) is 21.3 Å². The molecule has 0 fully saturated rings. The zero-order chi connectivity index (χ0) is 12.0. The average molecular weight is 241 g/mol. The first kappa shape index (κ1) is 13.6. The third-order valence-corrected chi connectivity index (χ3v) is 3.35. The molecule has 0 saturated carbocycles. The minimum atomic E-state index is 0.299. The summed E-state index contributed by atoms with van der Waals surface area (Å²) in [7, 11) is 0. The van der Waals surface area contributed by atoms with Crippen LogP contribution in [0.1, 0.15) is 45.6 Å². The number of nitrogens with zero attached hydrogens (tertiary/aromatic N) is 1. The summed E-state index contributed by atoms with van der Waals surface area (Å²) in [4.78, 5) is 7.73. The molecule has 0 spiro atoms. The molecule has 0 aromatic carbocycles. The highest BCUT2D eigenvalue weighted by Crippen LogP contribution is 2.25. The Labute approximate surface area is 103 Å². The number of rotatable bonds is 6. The van der Waals surface area contributed by atoms with Crippen LogP contribution in [0.15, 0.2) is 6.20 Å². The van der Waals surface area contributed by atoms with E-state index >= 15 is 0 Å². The molecule has 0 aliphatic carbocycles. The van der Waals surface area contributed by atoms with Crippen molar-refractivity contribution >= 4 is 11.8 Å². The van der Waals surface area contributed by atoms with E-state index < -0.39 is 0 Å². The maximum atomic E-state index is 4.38. The van der Waals surface area contributed by atoms with Crippen molar-refractivity contribution in [2.24, 2.45) is 0 Å². The topological polar surface area (TPSA) is 40.7 Å². The smallest absolute Gasteiger partial charge is 0.116 e. The van der Waals surface area contributed by atoms with E-state index in [-0.39, 0.29) is 0 Å². The SMILES string of the molecule is CCCNCc1cnc(CSC(C)(C)C)[nH]1. The summed E-state index contributed by atoms with van der Waals surface area (Å²) in [6.07, 6.45) is 3.10. The number of thioether (sulfide) groups is 1. The van der Waals surface area contributed by atoms with E-state index in [9.17, 15) is 0 Å². The first-order chi connectivity index (χ1) is 7.51. The molecule has 16 heavy (non-hydrogen) atoms. The average Bonchev–Trinajstić information content (AvgIpc) is 2.62. The van der Waals surface area contributed by atoms with Crippen molar-refractivity contribution in [3.63, 3.8) is 0 Å². The summed E-state index contributed by atoms with van der Waals surface area (Å²) in [6, 6.07) is 0. The van der Waals surface area contributed by atoms with Crippen molar-refractivity contribution in [3.05, 3.63) is 17.7 Å². The Balaban J connectivity index is 2.33. The molecular formula is C12H23N3S. The minimum absolute atomic E-state index is 0.299. The van der Waals surface area contributed by atoms with E-state index in [2.05, 4.69) is 43.0 Å². The summed E-state index contributed by atoms with van der Waals surface area (Å²) < 4.78 is 0.299. The molecule has 2 N–H and O–H groups in total. The lowest BCUT2D eigenvalue weighted by Gasteiger charge is -2.16. The predicted octanol–water partition coefficient (Wildman–Crippen LogP) is 2.94. The first-order valence-electron chi connectivity index (χ1n) is 5.88. The van der Waals surface area contributed by atoms with Crippen LogP contribution in [0.2, 0.25) is 0 Å². The largest absolute Gasteiger partial charge is 0.344 e. The maximum absolute atomic E-state index is 4.38. The van der Waals surface area contributed by atoms with Crippen LogP contribution in [0.5, 0.6) is 0 Å². The van der Waals surface area contributed by atoms with Crippen molar-refractivity contribution in [1.29, 1.82) is 0 Å². The summed E-state index contributed by atoms with van der Waals surface area (Å²) in [6.45, 7) is 10.8. The molecule has 0 amide bonds. The number of aromatic amines is 1. The van der Waals surface area contributed by atoms with Gasteiger partial charge in [-0.2, -0.15) is 0 Å². The molecule has 1 aromatic heterocycles. The summed E-state index contributed by atoms with van der Waals surface area (Å²) in [5.74, 6) is 2.03. The molecular weight excluding hydrogens is 218 g/mol. The standard InChI is InChI=1S/C12H23N3S/c1-5-6-13-7-10-8-14-11(15-10)9-16-12(2,3)4/h8,13H,5-7,9H2,1-4H3,(H,14,15).